The van der Waals surface area contributed by atoms with Gasteiger partial charge in [0.15, 0.2) is 0 Å². The van der Waals surface area contributed by atoms with Gasteiger partial charge in [0.25, 0.3) is 0 Å². The van der Waals surface area contributed by atoms with E-state index in [0.717, 1.165) is 5.19 Å². The Morgan fingerprint density at radius 2 is 1.92 bits per heavy atom. The van der Waals surface area contributed by atoms with Gasteiger partial charge in [0, 0.05) is 0 Å². The first-order valence-electron chi connectivity index (χ1n) is 3.77. The van der Waals surface area contributed by atoms with Crippen molar-refractivity contribution in [1.82, 2.24) is 0 Å². The van der Waals surface area contributed by atoms with Crippen LogP contribution in [0.2, 0.25) is 13.1 Å². The van der Waals surface area contributed by atoms with Crippen molar-refractivity contribution < 1.29 is 4.80 Å². The Balaban J connectivity index is 3.26. The molecule has 0 saturated carbocycles. The topological polar surface area (TPSA) is 44.0 Å². The maximum atomic E-state index is 9.79. The zero-order valence-electron chi connectivity index (χ0n) is 7.20. The van der Waals surface area contributed by atoms with Gasteiger partial charge in [0.05, 0.1) is 11.6 Å². The highest BCUT2D eigenvalue weighted by atomic mass is 28.4. The zero-order chi connectivity index (χ0) is 9.19. The quantitative estimate of drug-likeness (QED) is 0.649. The number of nitrogens with zero attached hydrogens (tertiary/aromatic N) is 1. The van der Waals surface area contributed by atoms with Crippen molar-refractivity contribution in [3.63, 3.8) is 0 Å². The van der Waals surface area contributed by atoms with E-state index in [1.807, 2.05) is 31.3 Å². The third-order valence-electron chi connectivity index (χ3n) is 1.71. The van der Waals surface area contributed by atoms with E-state index in [1.54, 1.807) is 6.07 Å². The summed E-state index contributed by atoms with van der Waals surface area (Å²) in [6.45, 7) is 3.62. The van der Waals surface area contributed by atoms with Gasteiger partial charge in [-0.2, -0.15) is 5.26 Å². The molecule has 0 fully saturated rings. The van der Waals surface area contributed by atoms with E-state index in [1.165, 1.54) is 0 Å². The molecule has 0 amide bonds. The predicted molar refractivity (Wildman–Crippen MR) is 50.5 cm³/mol. The minimum Gasteiger partial charge on any atom is -0.428 e. The van der Waals surface area contributed by atoms with E-state index in [-0.39, 0.29) is 0 Å². The SMILES string of the molecule is C[Si](C)(O)c1ccccc1C#N. The Labute approximate surface area is 73.2 Å². The maximum Gasteiger partial charge on any atom is 0.215 e. The third kappa shape index (κ3) is 1.73. The van der Waals surface area contributed by atoms with Crippen LogP contribution in [0.25, 0.3) is 0 Å². The molecule has 0 atom stereocenters. The Hall–Kier alpha value is -1.11. The molecule has 0 aliphatic rings. The molecule has 0 radical (unpaired) electrons. The lowest BCUT2D eigenvalue weighted by atomic mass is 10.2. The molecule has 3 heteroatoms. The van der Waals surface area contributed by atoms with Gasteiger partial charge < -0.3 is 4.80 Å². The maximum absolute atomic E-state index is 9.79. The Morgan fingerprint density at radius 3 is 2.33 bits per heavy atom. The summed E-state index contributed by atoms with van der Waals surface area (Å²) in [6.07, 6.45) is 0. The molecule has 12 heavy (non-hydrogen) atoms. The summed E-state index contributed by atoms with van der Waals surface area (Å²) in [5.74, 6) is 0. The molecule has 0 aliphatic carbocycles. The molecule has 0 aromatic heterocycles. The second kappa shape index (κ2) is 3.09. The highest BCUT2D eigenvalue weighted by molar-refractivity contribution is 6.83. The van der Waals surface area contributed by atoms with Crippen LogP contribution >= 0.6 is 0 Å². The number of hydrogen-bond donors (Lipinski definition) is 1. The van der Waals surface area contributed by atoms with E-state index in [4.69, 9.17) is 5.26 Å². The summed E-state index contributed by atoms with van der Waals surface area (Å²) in [5, 5.41) is 9.56. The van der Waals surface area contributed by atoms with Crippen molar-refractivity contribution in [1.29, 1.82) is 5.26 Å². The lowest BCUT2D eigenvalue weighted by Crippen LogP contribution is -2.43. The minimum absolute atomic E-state index is 0.594. The molecule has 1 rings (SSSR count). The van der Waals surface area contributed by atoms with E-state index in [0.29, 0.717) is 5.56 Å². The number of benzene rings is 1. The molecule has 0 saturated heterocycles. The summed E-state index contributed by atoms with van der Waals surface area (Å²) in [4.78, 5) is 9.79. The van der Waals surface area contributed by atoms with Gasteiger partial charge in [-0.3, -0.25) is 0 Å². The predicted octanol–water partition coefficient (Wildman–Crippen LogP) is 0.963. The molecule has 1 N–H and O–H groups in total. The van der Waals surface area contributed by atoms with Crippen molar-refractivity contribution in [2.75, 3.05) is 0 Å². The van der Waals surface area contributed by atoms with Crippen LogP contribution in [0.15, 0.2) is 24.3 Å². The molecular formula is C9H11NOSi. The summed E-state index contributed by atoms with van der Waals surface area (Å²) >= 11 is 0. The van der Waals surface area contributed by atoms with Crippen molar-refractivity contribution >= 4 is 13.5 Å². The molecule has 0 unspecified atom stereocenters. The van der Waals surface area contributed by atoms with E-state index < -0.39 is 8.32 Å². The molecule has 0 heterocycles. The lowest BCUT2D eigenvalue weighted by Gasteiger charge is -2.15. The second-order valence-electron chi connectivity index (χ2n) is 3.22. The monoisotopic (exact) mass is 177 g/mol. The average molecular weight is 177 g/mol. The van der Waals surface area contributed by atoms with Crippen LogP contribution in [0.1, 0.15) is 5.56 Å². The van der Waals surface area contributed by atoms with Gasteiger partial charge in [0.1, 0.15) is 0 Å². The first-order chi connectivity index (χ1) is 5.55. The molecule has 62 valence electrons. The molecule has 1 aromatic carbocycles. The zero-order valence-corrected chi connectivity index (χ0v) is 8.20. The summed E-state index contributed by atoms with van der Waals surface area (Å²) < 4.78 is 0. The molecule has 0 spiro atoms. The van der Waals surface area contributed by atoms with Gasteiger partial charge in [-0.25, -0.2) is 0 Å². The van der Waals surface area contributed by atoms with Gasteiger partial charge in [-0.15, -0.1) is 0 Å². The summed E-state index contributed by atoms with van der Waals surface area (Å²) in [7, 11) is -2.32. The number of nitriles is 1. The van der Waals surface area contributed by atoms with Crippen molar-refractivity contribution in [2.45, 2.75) is 13.1 Å². The van der Waals surface area contributed by atoms with Crippen molar-refractivity contribution in [3.8, 4) is 6.07 Å². The smallest absolute Gasteiger partial charge is 0.215 e. The van der Waals surface area contributed by atoms with Crippen LogP contribution < -0.4 is 5.19 Å². The van der Waals surface area contributed by atoms with Gasteiger partial charge in [-0.05, 0) is 24.3 Å². The summed E-state index contributed by atoms with van der Waals surface area (Å²) in [6, 6.07) is 9.29. The third-order valence-corrected chi connectivity index (χ3v) is 3.46. The largest absolute Gasteiger partial charge is 0.428 e. The van der Waals surface area contributed by atoms with Crippen LogP contribution in [0.3, 0.4) is 0 Å². The fourth-order valence-electron chi connectivity index (χ4n) is 1.11. The van der Waals surface area contributed by atoms with E-state index in [2.05, 4.69) is 6.07 Å². The molecule has 1 aromatic rings. The van der Waals surface area contributed by atoms with Crippen LogP contribution in [0, 0.1) is 11.3 Å². The molecule has 0 bridgehead atoms. The van der Waals surface area contributed by atoms with Crippen LogP contribution in [0.4, 0.5) is 0 Å². The minimum atomic E-state index is -2.32. The van der Waals surface area contributed by atoms with E-state index >= 15 is 0 Å². The first kappa shape index (κ1) is 8.98. The molecule has 0 aliphatic heterocycles. The van der Waals surface area contributed by atoms with Gasteiger partial charge in [-0.1, -0.05) is 18.2 Å². The number of hydrogen-bond acceptors (Lipinski definition) is 2. The van der Waals surface area contributed by atoms with Crippen LogP contribution in [-0.4, -0.2) is 13.1 Å². The summed E-state index contributed by atoms with van der Waals surface area (Å²) in [5.41, 5.74) is 0.594. The van der Waals surface area contributed by atoms with Crippen LogP contribution in [-0.2, 0) is 0 Å². The van der Waals surface area contributed by atoms with Gasteiger partial charge >= 0.3 is 0 Å². The Kier molecular flexibility index (Phi) is 2.31. The van der Waals surface area contributed by atoms with Crippen LogP contribution in [0.5, 0.6) is 0 Å². The first-order valence-corrected chi connectivity index (χ1v) is 6.72. The highest BCUT2D eigenvalue weighted by Gasteiger charge is 2.22. The standard InChI is InChI=1S/C9H11NOSi/c1-12(2,11)9-6-4-3-5-8(9)7-10/h3-6,11H,1-2H3. The fraction of sp³-hybridized carbons (Fsp3) is 0.222. The van der Waals surface area contributed by atoms with E-state index in [9.17, 15) is 4.80 Å². The molecular weight excluding hydrogens is 166 g/mol. The second-order valence-corrected chi connectivity index (χ2v) is 6.87. The average Bonchev–Trinajstić information content (AvgIpc) is 2.03. The normalized spacial score (nSPS) is 10.8. The molecule has 2 nitrogen and oxygen atoms in total. The van der Waals surface area contributed by atoms with Crippen molar-refractivity contribution in [2.24, 2.45) is 0 Å². The Bertz CT molecular complexity index is 322. The fourth-order valence-corrected chi connectivity index (χ4v) is 2.42. The number of rotatable bonds is 1. The highest BCUT2D eigenvalue weighted by Crippen LogP contribution is 2.02. The van der Waals surface area contributed by atoms with Crippen molar-refractivity contribution in [3.05, 3.63) is 29.8 Å². The Morgan fingerprint density at radius 1 is 1.33 bits per heavy atom. The lowest BCUT2D eigenvalue weighted by molar-refractivity contribution is 0.568. The van der Waals surface area contributed by atoms with Gasteiger partial charge in [0.2, 0.25) is 8.32 Å².